The molecular weight excluding hydrogens is 294 g/mol. The molecule has 22 heavy (non-hydrogen) atoms. The monoisotopic (exact) mass is 311 g/mol. The molecule has 9 nitrogen and oxygen atoms in total. The van der Waals surface area contributed by atoms with E-state index in [0.717, 1.165) is 18.2 Å². The Hall–Kier alpha value is -2.55. The molecule has 0 saturated heterocycles. The maximum absolute atomic E-state index is 11.9. The molecule has 0 radical (unpaired) electrons. The van der Waals surface area contributed by atoms with Gasteiger partial charge in [0.05, 0.1) is 27.6 Å². The van der Waals surface area contributed by atoms with Crippen LogP contribution in [0.5, 0.6) is 0 Å². The molecule has 0 spiro atoms. The summed E-state index contributed by atoms with van der Waals surface area (Å²) in [7, 11) is 0. The first-order valence-corrected chi connectivity index (χ1v) is 6.65. The summed E-state index contributed by atoms with van der Waals surface area (Å²) in [6.45, 7) is 4.55. The molecular formula is C13H17N3O6. The van der Waals surface area contributed by atoms with Crippen LogP contribution in [0.1, 0.15) is 30.6 Å². The third kappa shape index (κ3) is 5.44. The van der Waals surface area contributed by atoms with Crippen molar-refractivity contribution in [3.63, 3.8) is 0 Å². The molecule has 1 aromatic rings. The van der Waals surface area contributed by atoms with Crippen LogP contribution in [-0.2, 0) is 4.74 Å². The average Bonchev–Trinajstić information content (AvgIpc) is 2.45. The van der Waals surface area contributed by atoms with Gasteiger partial charge < -0.3 is 10.1 Å². The summed E-state index contributed by atoms with van der Waals surface area (Å²) < 4.78 is 5.30. The number of amides is 1. The van der Waals surface area contributed by atoms with E-state index in [2.05, 4.69) is 5.32 Å². The molecule has 0 aromatic heterocycles. The van der Waals surface area contributed by atoms with Crippen LogP contribution in [0.25, 0.3) is 0 Å². The second-order valence-corrected chi connectivity index (χ2v) is 4.78. The molecule has 0 unspecified atom stereocenters. The number of ether oxygens (including phenoxy) is 1. The molecule has 1 aromatic carbocycles. The van der Waals surface area contributed by atoms with Gasteiger partial charge in [-0.1, -0.05) is 0 Å². The molecule has 1 amide bonds. The van der Waals surface area contributed by atoms with Gasteiger partial charge >= 0.3 is 0 Å². The van der Waals surface area contributed by atoms with Gasteiger partial charge in [-0.2, -0.15) is 0 Å². The van der Waals surface area contributed by atoms with Gasteiger partial charge in [0.2, 0.25) is 0 Å². The molecule has 0 saturated carbocycles. The van der Waals surface area contributed by atoms with Gasteiger partial charge in [0, 0.05) is 25.3 Å². The molecule has 0 aliphatic heterocycles. The highest BCUT2D eigenvalue weighted by atomic mass is 16.6. The van der Waals surface area contributed by atoms with E-state index in [-0.39, 0.29) is 11.7 Å². The zero-order valence-corrected chi connectivity index (χ0v) is 12.3. The zero-order valence-electron chi connectivity index (χ0n) is 12.3. The molecule has 0 bridgehead atoms. The number of rotatable bonds is 8. The summed E-state index contributed by atoms with van der Waals surface area (Å²) in [5.41, 5.74) is -1.12. The number of non-ortho nitro benzene ring substituents is 2. The first-order chi connectivity index (χ1) is 10.3. The zero-order chi connectivity index (χ0) is 16.7. The van der Waals surface area contributed by atoms with Crippen LogP contribution in [0.2, 0.25) is 0 Å². The molecule has 120 valence electrons. The van der Waals surface area contributed by atoms with Crippen molar-refractivity contribution in [1.29, 1.82) is 0 Å². The number of hydrogen-bond acceptors (Lipinski definition) is 6. The van der Waals surface area contributed by atoms with Crippen LogP contribution in [0.3, 0.4) is 0 Å². The van der Waals surface area contributed by atoms with E-state index in [1.807, 2.05) is 13.8 Å². The first-order valence-electron chi connectivity index (χ1n) is 6.65. The molecule has 0 aliphatic rings. The van der Waals surface area contributed by atoms with Gasteiger partial charge in [0.1, 0.15) is 0 Å². The minimum Gasteiger partial charge on any atom is -0.379 e. The number of hydrogen-bond donors (Lipinski definition) is 1. The lowest BCUT2D eigenvalue weighted by molar-refractivity contribution is -0.394. The quantitative estimate of drug-likeness (QED) is 0.445. The van der Waals surface area contributed by atoms with E-state index in [4.69, 9.17) is 4.74 Å². The van der Waals surface area contributed by atoms with E-state index in [9.17, 15) is 25.0 Å². The van der Waals surface area contributed by atoms with Crippen LogP contribution < -0.4 is 5.32 Å². The van der Waals surface area contributed by atoms with Crippen molar-refractivity contribution >= 4 is 17.3 Å². The van der Waals surface area contributed by atoms with Crippen LogP contribution in [0.4, 0.5) is 11.4 Å². The van der Waals surface area contributed by atoms with Crippen LogP contribution in [0.15, 0.2) is 18.2 Å². The fourth-order valence-electron chi connectivity index (χ4n) is 1.63. The van der Waals surface area contributed by atoms with E-state index in [0.29, 0.717) is 19.6 Å². The Kier molecular flexibility index (Phi) is 6.39. The number of benzene rings is 1. The maximum Gasteiger partial charge on any atom is 0.277 e. The van der Waals surface area contributed by atoms with Crippen molar-refractivity contribution in [2.24, 2.45) is 0 Å². The number of nitro groups is 2. The van der Waals surface area contributed by atoms with Gasteiger partial charge in [0.25, 0.3) is 17.3 Å². The van der Waals surface area contributed by atoms with Gasteiger partial charge in [0.15, 0.2) is 0 Å². The fraction of sp³-hybridized carbons (Fsp3) is 0.462. The SMILES string of the molecule is CC(C)OCCCNC(=O)c1cc([N+](=O)[O-])cc([N+](=O)[O-])c1. The van der Waals surface area contributed by atoms with E-state index in [1.54, 1.807) is 0 Å². The molecule has 0 fully saturated rings. The second kappa shape index (κ2) is 8.03. The lowest BCUT2D eigenvalue weighted by Crippen LogP contribution is -2.25. The topological polar surface area (TPSA) is 125 Å². The van der Waals surface area contributed by atoms with Crippen molar-refractivity contribution < 1.29 is 19.4 Å². The fourth-order valence-corrected chi connectivity index (χ4v) is 1.63. The summed E-state index contributed by atoms with van der Waals surface area (Å²) in [6.07, 6.45) is 0.663. The summed E-state index contributed by atoms with van der Waals surface area (Å²) >= 11 is 0. The number of carbonyl (C=O) groups is 1. The van der Waals surface area contributed by atoms with Crippen LogP contribution in [0, 0.1) is 20.2 Å². The highest BCUT2D eigenvalue weighted by molar-refractivity contribution is 5.95. The van der Waals surface area contributed by atoms with Crippen molar-refractivity contribution in [1.82, 2.24) is 5.32 Å². The Morgan fingerprint density at radius 1 is 1.18 bits per heavy atom. The molecule has 0 atom stereocenters. The van der Waals surface area contributed by atoms with E-state index in [1.165, 1.54) is 0 Å². The summed E-state index contributed by atoms with van der Waals surface area (Å²) in [4.78, 5) is 31.8. The third-order valence-electron chi connectivity index (χ3n) is 2.64. The summed E-state index contributed by atoms with van der Waals surface area (Å²) in [5, 5.41) is 24.0. The Labute approximate surface area is 126 Å². The third-order valence-corrected chi connectivity index (χ3v) is 2.64. The standard InChI is InChI=1S/C13H17N3O6/c1-9(2)22-5-3-4-14-13(17)10-6-11(15(18)19)8-12(7-10)16(20)21/h6-9H,3-5H2,1-2H3,(H,14,17). The van der Waals surface area contributed by atoms with Gasteiger partial charge in [-0.05, 0) is 20.3 Å². The first kappa shape index (κ1) is 17.5. The molecule has 9 heteroatoms. The van der Waals surface area contributed by atoms with Gasteiger partial charge in [-0.3, -0.25) is 25.0 Å². The van der Waals surface area contributed by atoms with E-state index >= 15 is 0 Å². The van der Waals surface area contributed by atoms with Gasteiger partial charge in [-0.15, -0.1) is 0 Å². The number of nitro benzene ring substituents is 2. The predicted octanol–water partition coefficient (Wildman–Crippen LogP) is 2.05. The summed E-state index contributed by atoms with van der Waals surface area (Å²) in [6, 6.07) is 2.83. The molecule has 1 N–H and O–H groups in total. The minimum atomic E-state index is -0.778. The Bertz CT molecular complexity index is 541. The van der Waals surface area contributed by atoms with Crippen LogP contribution in [-0.4, -0.2) is 35.0 Å². The highest BCUT2D eigenvalue weighted by Crippen LogP contribution is 2.22. The highest BCUT2D eigenvalue weighted by Gasteiger charge is 2.19. The predicted molar refractivity (Wildman–Crippen MR) is 77.8 cm³/mol. The molecule has 1 rings (SSSR count). The largest absolute Gasteiger partial charge is 0.379 e. The number of carbonyl (C=O) groups excluding carboxylic acids is 1. The van der Waals surface area contributed by atoms with E-state index < -0.39 is 27.1 Å². The van der Waals surface area contributed by atoms with Crippen molar-refractivity contribution in [3.05, 3.63) is 44.0 Å². The van der Waals surface area contributed by atoms with Crippen molar-refractivity contribution in [2.45, 2.75) is 26.4 Å². The minimum absolute atomic E-state index is 0.0927. The normalized spacial score (nSPS) is 10.5. The lowest BCUT2D eigenvalue weighted by Gasteiger charge is -2.08. The van der Waals surface area contributed by atoms with Crippen molar-refractivity contribution in [3.8, 4) is 0 Å². The smallest absolute Gasteiger partial charge is 0.277 e. The van der Waals surface area contributed by atoms with Crippen molar-refractivity contribution in [2.75, 3.05) is 13.2 Å². The number of nitrogens with zero attached hydrogens (tertiary/aromatic N) is 2. The summed E-state index contributed by atoms with van der Waals surface area (Å²) in [5.74, 6) is -0.601. The number of nitrogens with one attached hydrogen (secondary N) is 1. The Morgan fingerprint density at radius 2 is 1.73 bits per heavy atom. The second-order valence-electron chi connectivity index (χ2n) is 4.78. The molecule has 0 aliphatic carbocycles. The lowest BCUT2D eigenvalue weighted by atomic mass is 10.1. The maximum atomic E-state index is 11.9. The average molecular weight is 311 g/mol. The van der Waals surface area contributed by atoms with Gasteiger partial charge in [-0.25, -0.2) is 0 Å². The Morgan fingerprint density at radius 3 is 2.18 bits per heavy atom. The van der Waals surface area contributed by atoms with Crippen LogP contribution >= 0.6 is 0 Å². The Balaban J connectivity index is 2.72. The molecule has 0 heterocycles.